The number of hydrogen-bond donors (Lipinski definition) is 3. The van der Waals surface area contributed by atoms with Gasteiger partial charge in [0, 0.05) is 22.1 Å². The van der Waals surface area contributed by atoms with Crippen LogP contribution in [0.25, 0.3) is 11.3 Å². The van der Waals surface area contributed by atoms with Gasteiger partial charge >= 0.3 is 12.5 Å². The van der Waals surface area contributed by atoms with Gasteiger partial charge in [0.05, 0.1) is 23.6 Å². The molecule has 0 aliphatic heterocycles. The smallest absolute Gasteiger partial charge is 0.406 e. The minimum absolute atomic E-state index is 0.0340. The van der Waals surface area contributed by atoms with Crippen LogP contribution in [0.4, 0.5) is 43.8 Å². The van der Waals surface area contributed by atoms with Crippen LogP contribution in [-0.4, -0.2) is 34.1 Å². The van der Waals surface area contributed by atoms with Gasteiger partial charge in [0.2, 0.25) is 5.95 Å². The summed E-state index contributed by atoms with van der Waals surface area (Å²) < 4.78 is 80.7. The number of nitrogens with one attached hydrogen (secondary N) is 2. The van der Waals surface area contributed by atoms with Crippen molar-refractivity contribution in [3.8, 4) is 17.0 Å². The second-order valence-corrected chi connectivity index (χ2v) is 7.94. The van der Waals surface area contributed by atoms with Crippen molar-refractivity contribution in [2.24, 2.45) is 0 Å². The number of benzene rings is 2. The number of ether oxygens (including phenoxy) is 1. The number of hydrogen-bond acceptors (Lipinski definition) is 6. The summed E-state index contributed by atoms with van der Waals surface area (Å²) in [6.07, 6.45) is -9.40. The van der Waals surface area contributed by atoms with Crippen molar-refractivity contribution >= 4 is 33.4 Å². The van der Waals surface area contributed by atoms with Gasteiger partial charge in [-0.1, -0.05) is 12.1 Å². The van der Waals surface area contributed by atoms with Gasteiger partial charge in [0.1, 0.15) is 11.6 Å². The molecule has 3 aromatic rings. The van der Waals surface area contributed by atoms with Gasteiger partial charge in [-0.25, -0.2) is 4.98 Å². The van der Waals surface area contributed by atoms with Gasteiger partial charge in [-0.05, 0) is 53.2 Å². The fourth-order valence-electron chi connectivity index (χ4n) is 2.77. The Labute approximate surface area is 198 Å². The third-order valence-corrected chi connectivity index (χ3v) is 4.95. The number of nitrogens with zero attached hydrogens (tertiary/aromatic N) is 2. The summed E-state index contributed by atoms with van der Waals surface area (Å²) >= 11 is 3.09. The summed E-state index contributed by atoms with van der Waals surface area (Å²) in [6.45, 7) is 1.39. The van der Waals surface area contributed by atoms with Crippen molar-refractivity contribution in [1.82, 2.24) is 9.97 Å². The highest BCUT2D eigenvalue weighted by molar-refractivity contribution is 9.10. The highest BCUT2D eigenvalue weighted by Gasteiger charge is 2.32. The van der Waals surface area contributed by atoms with Crippen LogP contribution >= 0.6 is 15.9 Å². The van der Waals surface area contributed by atoms with E-state index in [2.05, 4.69) is 41.3 Å². The Morgan fingerprint density at radius 2 is 1.76 bits per heavy atom. The molecule has 6 nitrogen and oxygen atoms in total. The zero-order valence-corrected chi connectivity index (χ0v) is 18.9. The fourth-order valence-corrected chi connectivity index (χ4v) is 3.25. The number of aromatic nitrogens is 2. The van der Waals surface area contributed by atoms with Crippen molar-refractivity contribution in [2.45, 2.75) is 25.5 Å². The second-order valence-electron chi connectivity index (χ2n) is 7.08. The summed E-state index contributed by atoms with van der Waals surface area (Å²) in [5.41, 5.74) is -0.138. The van der Waals surface area contributed by atoms with Gasteiger partial charge in [0.25, 0.3) is 0 Å². The van der Waals surface area contributed by atoms with Gasteiger partial charge in [-0.15, -0.1) is 13.2 Å². The van der Waals surface area contributed by atoms with Crippen LogP contribution in [0.3, 0.4) is 0 Å². The van der Waals surface area contributed by atoms with Gasteiger partial charge in [-0.3, -0.25) is 0 Å². The molecule has 0 radical (unpaired) electrons. The van der Waals surface area contributed by atoms with Crippen LogP contribution < -0.4 is 15.4 Å². The number of halogens is 7. The Morgan fingerprint density at radius 1 is 1.03 bits per heavy atom. The highest BCUT2D eigenvalue weighted by atomic mass is 79.9. The summed E-state index contributed by atoms with van der Waals surface area (Å²) in [4.78, 5) is 8.51. The van der Waals surface area contributed by atoms with E-state index in [-0.39, 0.29) is 39.8 Å². The molecule has 1 aromatic heterocycles. The molecule has 0 aliphatic rings. The van der Waals surface area contributed by atoms with Crippen LogP contribution in [-0.2, 0) is 6.18 Å². The number of rotatable bonds is 7. The van der Waals surface area contributed by atoms with E-state index in [1.54, 1.807) is 6.92 Å². The maximum Gasteiger partial charge on any atom is 0.573 e. The molecule has 0 saturated heterocycles. The minimum Gasteiger partial charge on any atom is -0.406 e. The summed E-state index contributed by atoms with van der Waals surface area (Å²) in [5.74, 6) is -0.284. The molecule has 182 valence electrons. The Bertz CT molecular complexity index is 1160. The summed E-state index contributed by atoms with van der Waals surface area (Å²) in [6, 6.07) is 9.05. The lowest BCUT2D eigenvalue weighted by molar-refractivity contribution is -0.274. The van der Waals surface area contributed by atoms with Crippen LogP contribution in [0.15, 0.2) is 53.0 Å². The largest absolute Gasteiger partial charge is 0.573 e. The van der Waals surface area contributed by atoms with E-state index in [4.69, 9.17) is 0 Å². The highest BCUT2D eigenvalue weighted by Crippen LogP contribution is 2.35. The molecule has 1 atom stereocenters. The first kappa shape index (κ1) is 25.6. The first-order valence-electron chi connectivity index (χ1n) is 9.60. The Kier molecular flexibility index (Phi) is 7.56. The molecule has 0 bridgehead atoms. The van der Waals surface area contributed by atoms with Crippen molar-refractivity contribution in [3.05, 3.63) is 58.6 Å². The van der Waals surface area contributed by atoms with Crippen LogP contribution in [0.1, 0.15) is 12.5 Å². The van der Waals surface area contributed by atoms with Crippen LogP contribution in [0.5, 0.6) is 5.75 Å². The Morgan fingerprint density at radius 3 is 2.38 bits per heavy atom. The lowest BCUT2D eigenvalue weighted by atomic mass is 10.1. The van der Waals surface area contributed by atoms with E-state index in [0.29, 0.717) is 0 Å². The molecule has 1 heterocycles. The first-order valence-corrected chi connectivity index (χ1v) is 10.4. The molecule has 2 aromatic carbocycles. The maximum absolute atomic E-state index is 12.9. The van der Waals surface area contributed by atoms with Gasteiger partial charge in [-0.2, -0.15) is 18.2 Å². The van der Waals surface area contributed by atoms with Crippen molar-refractivity contribution in [3.63, 3.8) is 0 Å². The zero-order valence-electron chi connectivity index (χ0n) is 17.3. The molecule has 34 heavy (non-hydrogen) atoms. The molecule has 0 fully saturated rings. The third-order valence-electron chi connectivity index (χ3n) is 4.30. The zero-order chi connectivity index (χ0) is 25.1. The number of anilines is 3. The van der Waals surface area contributed by atoms with Crippen molar-refractivity contribution in [2.75, 3.05) is 17.2 Å². The summed E-state index contributed by atoms with van der Waals surface area (Å²) in [5, 5.41) is 15.0. The van der Waals surface area contributed by atoms with E-state index in [1.807, 2.05) is 0 Å². The Balaban J connectivity index is 2.00. The third kappa shape index (κ3) is 6.97. The van der Waals surface area contributed by atoms with Crippen molar-refractivity contribution < 1.29 is 36.2 Å². The molecule has 13 heteroatoms. The molecule has 3 N–H and O–H groups in total. The molecule has 0 amide bonds. The van der Waals surface area contributed by atoms with Crippen LogP contribution in [0, 0.1) is 0 Å². The van der Waals surface area contributed by atoms with E-state index in [9.17, 15) is 31.4 Å². The average Bonchev–Trinajstić information content (AvgIpc) is 2.73. The molecule has 0 spiro atoms. The van der Waals surface area contributed by atoms with E-state index >= 15 is 0 Å². The monoisotopic (exact) mass is 550 g/mol. The van der Waals surface area contributed by atoms with Gasteiger partial charge in [0.15, 0.2) is 0 Å². The topological polar surface area (TPSA) is 79.3 Å². The van der Waals surface area contributed by atoms with Crippen LogP contribution in [0.2, 0.25) is 0 Å². The molecule has 3 rings (SSSR count). The minimum atomic E-state index is -4.88. The lowest BCUT2D eigenvalue weighted by Gasteiger charge is -2.16. The SMILES string of the molecule is C[C@@H](CO)Nc1nc(Nc2ccc(C(F)(F)F)cc2Br)cc(-c2cccc(OC(F)(F)F)c2)n1. The first-order chi connectivity index (χ1) is 15.8. The summed E-state index contributed by atoms with van der Waals surface area (Å²) in [7, 11) is 0. The predicted octanol–water partition coefficient (Wildman–Crippen LogP) is 6.36. The predicted molar refractivity (Wildman–Crippen MR) is 117 cm³/mol. The molecule has 0 aliphatic carbocycles. The standard InChI is InChI=1S/C21H17BrF6N4O2/c1-11(10-33)29-19-31-17(12-3-2-4-14(7-12)34-21(26,27)28)9-18(32-19)30-16-6-5-13(8-15(16)22)20(23,24)25/h2-9,11,33H,10H2,1H3,(H2,29,30,31,32)/t11-/m0/s1. The Hall–Kier alpha value is -3.06. The van der Waals surface area contributed by atoms with Gasteiger partial charge < -0.3 is 20.5 Å². The normalized spacial score (nSPS) is 12.9. The van der Waals surface area contributed by atoms with E-state index in [0.717, 1.165) is 24.3 Å². The fraction of sp³-hybridized carbons (Fsp3) is 0.238. The molecular weight excluding hydrogens is 534 g/mol. The number of alkyl halides is 6. The molecule has 0 unspecified atom stereocenters. The second kappa shape index (κ2) is 10.1. The van der Waals surface area contributed by atoms with E-state index < -0.39 is 29.9 Å². The lowest BCUT2D eigenvalue weighted by Crippen LogP contribution is -2.21. The van der Waals surface area contributed by atoms with E-state index in [1.165, 1.54) is 24.3 Å². The van der Waals surface area contributed by atoms with Crippen molar-refractivity contribution in [1.29, 1.82) is 0 Å². The maximum atomic E-state index is 12.9. The molecule has 0 saturated carbocycles. The number of aliphatic hydroxyl groups excluding tert-OH is 1. The average molecular weight is 551 g/mol. The quantitative estimate of drug-likeness (QED) is 0.297. The number of aliphatic hydroxyl groups is 1. The molecular formula is C21H17BrF6N4O2.